The summed E-state index contributed by atoms with van der Waals surface area (Å²) in [4.78, 5) is 22.8. The molecule has 1 heterocycles. The van der Waals surface area contributed by atoms with Crippen molar-refractivity contribution in [1.82, 2.24) is 5.32 Å². The van der Waals surface area contributed by atoms with Gasteiger partial charge in [-0.1, -0.05) is 11.6 Å². The average Bonchev–Trinajstić information content (AvgIpc) is 2.97. The van der Waals surface area contributed by atoms with E-state index >= 15 is 0 Å². The Balaban J connectivity index is 1.84. The molecular formula is C15H15ClN2O4. The van der Waals surface area contributed by atoms with Gasteiger partial charge >= 0.3 is 0 Å². The zero-order valence-electron chi connectivity index (χ0n) is 11.8. The fourth-order valence-corrected chi connectivity index (χ4v) is 1.84. The number of furan rings is 1. The SMILES string of the molecule is C[C@@H](CNC(=O)c1coc(C(N)=O)c1)Oc1ccc(Cl)cc1. The van der Waals surface area contributed by atoms with Gasteiger partial charge in [-0.3, -0.25) is 9.59 Å². The minimum atomic E-state index is -0.724. The zero-order chi connectivity index (χ0) is 16.1. The van der Waals surface area contributed by atoms with Gasteiger partial charge in [-0.25, -0.2) is 0 Å². The molecular weight excluding hydrogens is 308 g/mol. The molecule has 6 nitrogen and oxygen atoms in total. The first-order valence-electron chi connectivity index (χ1n) is 6.54. The lowest BCUT2D eigenvalue weighted by molar-refractivity contribution is 0.0930. The molecule has 0 fully saturated rings. The Morgan fingerprint density at radius 3 is 2.64 bits per heavy atom. The normalized spacial score (nSPS) is 11.7. The second-order valence-electron chi connectivity index (χ2n) is 4.66. The van der Waals surface area contributed by atoms with Gasteiger partial charge in [0.15, 0.2) is 5.76 Å². The van der Waals surface area contributed by atoms with Crippen LogP contribution in [-0.2, 0) is 0 Å². The van der Waals surface area contributed by atoms with E-state index in [2.05, 4.69) is 5.32 Å². The lowest BCUT2D eigenvalue weighted by Gasteiger charge is -2.15. The third kappa shape index (κ3) is 4.26. The summed E-state index contributed by atoms with van der Waals surface area (Å²) in [6.45, 7) is 2.11. The predicted octanol–water partition coefficient (Wildman–Crippen LogP) is 2.23. The second-order valence-corrected chi connectivity index (χ2v) is 5.09. The van der Waals surface area contributed by atoms with Gasteiger partial charge in [-0.2, -0.15) is 0 Å². The number of nitrogens with two attached hydrogens (primary N) is 1. The number of primary amides is 1. The van der Waals surface area contributed by atoms with Crippen molar-refractivity contribution in [2.24, 2.45) is 5.73 Å². The Bertz CT molecular complexity index is 666. The van der Waals surface area contributed by atoms with Crippen LogP contribution in [0.5, 0.6) is 5.75 Å². The fraction of sp³-hybridized carbons (Fsp3) is 0.200. The van der Waals surface area contributed by atoms with Crippen molar-refractivity contribution >= 4 is 23.4 Å². The Morgan fingerprint density at radius 2 is 2.05 bits per heavy atom. The van der Waals surface area contributed by atoms with Crippen LogP contribution >= 0.6 is 11.6 Å². The summed E-state index contributed by atoms with van der Waals surface area (Å²) in [7, 11) is 0. The maximum atomic E-state index is 11.9. The highest BCUT2D eigenvalue weighted by Gasteiger charge is 2.14. The van der Waals surface area contributed by atoms with Crippen molar-refractivity contribution in [3.63, 3.8) is 0 Å². The van der Waals surface area contributed by atoms with Crippen LogP contribution in [0.25, 0.3) is 0 Å². The summed E-state index contributed by atoms with van der Waals surface area (Å²) >= 11 is 5.79. The van der Waals surface area contributed by atoms with Crippen molar-refractivity contribution in [2.75, 3.05) is 6.54 Å². The molecule has 3 N–H and O–H groups in total. The third-order valence-corrected chi connectivity index (χ3v) is 3.06. The number of rotatable bonds is 6. The van der Waals surface area contributed by atoms with Gasteiger partial charge < -0.3 is 20.2 Å². The molecule has 0 saturated carbocycles. The van der Waals surface area contributed by atoms with Crippen LogP contribution < -0.4 is 15.8 Å². The quantitative estimate of drug-likeness (QED) is 0.852. The first-order valence-corrected chi connectivity index (χ1v) is 6.92. The average molecular weight is 323 g/mol. The minimum Gasteiger partial charge on any atom is -0.489 e. The summed E-state index contributed by atoms with van der Waals surface area (Å²) < 4.78 is 10.5. The Hall–Kier alpha value is -2.47. The van der Waals surface area contributed by atoms with Crippen LogP contribution in [0.15, 0.2) is 41.0 Å². The van der Waals surface area contributed by atoms with Crippen LogP contribution in [0.2, 0.25) is 5.02 Å². The number of carbonyl (C=O) groups is 2. The predicted molar refractivity (Wildman–Crippen MR) is 81.1 cm³/mol. The summed E-state index contributed by atoms with van der Waals surface area (Å²) in [6.07, 6.45) is 0.938. The molecule has 0 aliphatic carbocycles. The third-order valence-electron chi connectivity index (χ3n) is 2.81. The number of amides is 2. The van der Waals surface area contributed by atoms with E-state index in [-0.39, 0.29) is 23.3 Å². The Morgan fingerprint density at radius 1 is 1.36 bits per heavy atom. The van der Waals surface area contributed by atoms with Gasteiger partial charge in [0.05, 0.1) is 12.1 Å². The zero-order valence-corrected chi connectivity index (χ0v) is 12.6. The maximum Gasteiger partial charge on any atom is 0.284 e. The number of carbonyl (C=O) groups excluding carboxylic acids is 2. The van der Waals surface area contributed by atoms with E-state index in [9.17, 15) is 9.59 Å². The molecule has 0 unspecified atom stereocenters. The van der Waals surface area contributed by atoms with Gasteiger partial charge in [-0.05, 0) is 31.2 Å². The van der Waals surface area contributed by atoms with E-state index in [0.29, 0.717) is 17.3 Å². The molecule has 0 spiro atoms. The first kappa shape index (κ1) is 15.9. The molecule has 0 bridgehead atoms. The lowest BCUT2D eigenvalue weighted by atomic mass is 10.2. The first-order chi connectivity index (χ1) is 10.5. The molecule has 2 rings (SSSR count). The molecule has 7 heteroatoms. The second kappa shape index (κ2) is 7.00. The van der Waals surface area contributed by atoms with E-state index in [1.807, 2.05) is 6.92 Å². The van der Waals surface area contributed by atoms with Crippen LogP contribution in [0.3, 0.4) is 0 Å². The topological polar surface area (TPSA) is 94.6 Å². The highest BCUT2D eigenvalue weighted by Crippen LogP contribution is 2.16. The van der Waals surface area contributed by atoms with Gasteiger partial charge in [-0.15, -0.1) is 0 Å². The number of hydrogen-bond donors (Lipinski definition) is 2. The van der Waals surface area contributed by atoms with E-state index in [1.165, 1.54) is 12.3 Å². The molecule has 0 radical (unpaired) electrons. The highest BCUT2D eigenvalue weighted by molar-refractivity contribution is 6.30. The van der Waals surface area contributed by atoms with E-state index in [1.54, 1.807) is 24.3 Å². The monoisotopic (exact) mass is 322 g/mol. The number of benzene rings is 1. The molecule has 2 amide bonds. The van der Waals surface area contributed by atoms with Gasteiger partial charge in [0.1, 0.15) is 18.1 Å². The van der Waals surface area contributed by atoms with Crippen molar-refractivity contribution in [2.45, 2.75) is 13.0 Å². The van der Waals surface area contributed by atoms with E-state index in [4.69, 9.17) is 26.5 Å². The summed E-state index contributed by atoms with van der Waals surface area (Å²) in [6, 6.07) is 8.23. The number of nitrogens with one attached hydrogen (secondary N) is 1. The van der Waals surface area contributed by atoms with Gasteiger partial charge in [0, 0.05) is 11.1 Å². The molecule has 0 aliphatic heterocycles. The highest BCUT2D eigenvalue weighted by atomic mass is 35.5. The fourth-order valence-electron chi connectivity index (χ4n) is 1.71. The van der Waals surface area contributed by atoms with Crippen molar-refractivity contribution < 1.29 is 18.7 Å². The molecule has 1 aromatic carbocycles. The van der Waals surface area contributed by atoms with E-state index < -0.39 is 5.91 Å². The van der Waals surface area contributed by atoms with Gasteiger partial charge in [0.25, 0.3) is 11.8 Å². The van der Waals surface area contributed by atoms with E-state index in [0.717, 1.165) is 0 Å². The molecule has 22 heavy (non-hydrogen) atoms. The minimum absolute atomic E-state index is 0.0596. The smallest absolute Gasteiger partial charge is 0.284 e. The van der Waals surface area contributed by atoms with Crippen LogP contribution in [-0.4, -0.2) is 24.5 Å². The largest absolute Gasteiger partial charge is 0.489 e. The molecule has 2 aromatic rings. The Labute approximate surface area is 132 Å². The van der Waals surface area contributed by atoms with Crippen LogP contribution in [0.4, 0.5) is 0 Å². The van der Waals surface area contributed by atoms with Gasteiger partial charge in [0.2, 0.25) is 0 Å². The maximum absolute atomic E-state index is 11.9. The number of hydrogen-bond acceptors (Lipinski definition) is 4. The van der Waals surface area contributed by atoms with Crippen LogP contribution in [0.1, 0.15) is 27.8 Å². The van der Waals surface area contributed by atoms with Crippen molar-refractivity contribution in [3.8, 4) is 5.75 Å². The Kier molecular flexibility index (Phi) is 5.06. The lowest BCUT2D eigenvalue weighted by Crippen LogP contribution is -2.33. The molecule has 0 aliphatic rings. The number of halogens is 1. The standard InChI is InChI=1S/C15H15ClN2O4/c1-9(22-12-4-2-11(16)3-5-12)7-18-15(20)10-6-13(14(17)19)21-8-10/h2-6,8-9H,7H2,1H3,(H2,17,19)(H,18,20)/t9-/m0/s1. The van der Waals surface area contributed by atoms with Crippen LogP contribution in [0, 0.1) is 0 Å². The van der Waals surface area contributed by atoms with Crippen molar-refractivity contribution in [1.29, 1.82) is 0 Å². The number of ether oxygens (including phenoxy) is 1. The summed E-state index contributed by atoms with van der Waals surface area (Å²) in [5.41, 5.74) is 5.28. The summed E-state index contributed by atoms with van der Waals surface area (Å²) in [5, 5.41) is 3.30. The molecule has 1 atom stereocenters. The summed E-state index contributed by atoms with van der Waals surface area (Å²) in [5.74, 6) is -0.498. The molecule has 116 valence electrons. The molecule has 1 aromatic heterocycles. The van der Waals surface area contributed by atoms with Crippen molar-refractivity contribution in [3.05, 3.63) is 52.9 Å². The molecule has 0 saturated heterocycles.